The van der Waals surface area contributed by atoms with Gasteiger partial charge in [0.25, 0.3) is 0 Å². The lowest BCUT2D eigenvalue weighted by Gasteiger charge is -2.11. The predicted molar refractivity (Wildman–Crippen MR) is 64.3 cm³/mol. The van der Waals surface area contributed by atoms with E-state index in [-0.39, 0.29) is 0 Å². The first-order chi connectivity index (χ1) is 7.83. The van der Waals surface area contributed by atoms with Gasteiger partial charge < -0.3 is 10.1 Å². The zero-order valence-corrected chi connectivity index (χ0v) is 9.50. The summed E-state index contributed by atoms with van der Waals surface area (Å²) in [4.78, 5) is 0. The zero-order valence-electron chi connectivity index (χ0n) is 9.50. The van der Waals surface area contributed by atoms with Crippen LogP contribution in [-0.2, 0) is 0 Å². The summed E-state index contributed by atoms with van der Waals surface area (Å²) in [6.45, 7) is 2.51. The van der Waals surface area contributed by atoms with Gasteiger partial charge in [-0.3, -0.25) is 0 Å². The van der Waals surface area contributed by atoms with E-state index in [1.54, 1.807) is 19.2 Å². The predicted octanol–water partition coefficient (Wildman–Crippen LogP) is 2.39. The molecule has 82 valence electrons. The molecule has 0 saturated carbocycles. The van der Waals surface area contributed by atoms with Crippen molar-refractivity contribution in [1.82, 2.24) is 0 Å². The maximum atomic E-state index is 8.97. The van der Waals surface area contributed by atoms with Crippen LogP contribution in [0.25, 0.3) is 0 Å². The third-order valence-corrected chi connectivity index (χ3v) is 2.10. The van der Waals surface area contributed by atoms with Gasteiger partial charge in [-0.25, -0.2) is 0 Å². The Morgan fingerprint density at radius 1 is 1.44 bits per heavy atom. The number of para-hydroxylation sites is 1. The number of nitrogens with one attached hydrogen (secondary N) is 1. The average molecular weight is 214 g/mol. The molecule has 0 bridgehead atoms. The van der Waals surface area contributed by atoms with Crippen molar-refractivity contribution < 1.29 is 4.74 Å². The molecule has 0 aromatic heterocycles. The van der Waals surface area contributed by atoms with E-state index in [4.69, 9.17) is 10.00 Å². The van der Waals surface area contributed by atoms with E-state index in [1.165, 1.54) is 0 Å². The number of hydrogen-bond donors (Lipinski definition) is 1. The van der Waals surface area contributed by atoms with E-state index in [0.29, 0.717) is 17.9 Å². The molecule has 1 aromatic rings. The topological polar surface area (TPSA) is 45.0 Å². The first kappa shape index (κ1) is 11.9. The van der Waals surface area contributed by atoms with Gasteiger partial charge in [0.05, 0.1) is 18.4 Å². The Hall–Kier alpha value is -2.13. The zero-order chi connectivity index (χ0) is 11.8. The molecule has 16 heavy (non-hydrogen) atoms. The number of benzene rings is 1. The van der Waals surface area contributed by atoms with E-state index < -0.39 is 0 Å². The summed E-state index contributed by atoms with van der Waals surface area (Å²) in [7, 11) is 1.59. The molecule has 0 unspecified atom stereocenters. The van der Waals surface area contributed by atoms with Crippen LogP contribution in [-0.4, -0.2) is 13.7 Å². The van der Waals surface area contributed by atoms with Crippen molar-refractivity contribution in [3.63, 3.8) is 0 Å². The number of hydrogen-bond acceptors (Lipinski definition) is 3. The molecule has 0 aliphatic heterocycles. The van der Waals surface area contributed by atoms with Crippen molar-refractivity contribution in [2.24, 2.45) is 0 Å². The standard InChI is InChI=1S/C13H14N2O/c1-3-4-5-9-15-13-11(10-14)7-6-8-12(13)16-2/h6-8,15H,5,9H2,1-2H3. The van der Waals surface area contributed by atoms with E-state index in [0.717, 1.165) is 12.1 Å². The second kappa shape index (κ2) is 6.37. The minimum atomic E-state index is 0.587. The van der Waals surface area contributed by atoms with Crippen LogP contribution in [0.5, 0.6) is 5.75 Å². The summed E-state index contributed by atoms with van der Waals surface area (Å²) < 4.78 is 5.20. The fraction of sp³-hybridized carbons (Fsp3) is 0.308. The van der Waals surface area contributed by atoms with Gasteiger partial charge in [0.1, 0.15) is 11.8 Å². The molecular formula is C13H14N2O. The van der Waals surface area contributed by atoms with Gasteiger partial charge in [0.15, 0.2) is 0 Å². The van der Waals surface area contributed by atoms with Crippen LogP contribution in [0.15, 0.2) is 18.2 Å². The molecule has 3 nitrogen and oxygen atoms in total. The lowest BCUT2D eigenvalue weighted by molar-refractivity contribution is 0.416. The summed E-state index contributed by atoms with van der Waals surface area (Å²) in [5.41, 5.74) is 1.33. The Morgan fingerprint density at radius 3 is 2.88 bits per heavy atom. The quantitative estimate of drug-likeness (QED) is 0.618. The minimum absolute atomic E-state index is 0.587. The van der Waals surface area contributed by atoms with Gasteiger partial charge in [-0.15, -0.1) is 11.8 Å². The fourth-order valence-electron chi connectivity index (χ4n) is 1.35. The van der Waals surface area contributed by atoms with Crippen LogP contribution in [0.1, 0.15) is 18.9 Å². The smallest absolute Gasteiger partial charge is 0.143 e. The summed E-state index contributed by atoms with van der Waals surface area (Å²) in [6.07, 6.45) is 0.749. The van der Waals surface area contributed by atoms with Gasteiger partial charge in [-0.05, 0) is 19.1 Å². The largest absolute Gasteiger partial charge is 0.495 e. The first-order valence-corrected chi connectivity index (χ1v) is 5.04. The third-order valence-electron chi connectivity index (χ3n) is 2.10. The normalized spacial score (nSPS) is 8.56. The highest BCUT2D eigenvalue weighted by atomic mass is 16.5. The van der Waals surface area contributed by atoms with Crippen LogP contribution < -0.4 is 10.1 Å². The Bertz CT molecular complexity index is 449. The van der Waals surface area contributed by atoms with Crippen molar-refractivity contribution in [2.75, 3.05) is 19.0 Å². The Kier molecular flexibility index (Phi) is 4.76. The first-order valence-electron chi connectivity index (χ1n) is 5.04. The average Bonchev–Trinajstić information content (AvgIpc) is 2.34. The summed E-state index contributed by atoms with van der Waals surface area (Å²) >= 11 is 0. The number of methoxy groups -OCH3 is 1. The van der Waals surface area contributed by atoms with E-state index in [1.807, 2.05) is 13.0 Å². The second-order valence-corrected chi connectivity index (χ2v) is 3.10. The number of anilines is 1. The van der Waals surface area contributed by atoms with Gasteiger partial charge >= 0.3 is 0 Å². The van der Waals surface area contributed by atoms with E-state index in [9.17, 15) is 0 Å². The molecule has 0 aliphatic carbocycles. The maximum Gasteiger partial charge on any atom is 0.143 e. The van der Waals surface area contributed by atoms with E-state index in [2.05, 4.69) is 23.2 Å². The van der Waals surface area contributed by atoms with Crippen LogP contribution in [0.3, 0.4) is 0 Å². The van der Waals surface area contributed by atoms with E-state index >= 15 is 0 Å². The third kappa shape index (κ3) is 2.93. The van der Waals surface area contributed by atoms with Crippen LogP contribution >= 0.6 is 0 Å². The second-order valence-electron chi connectivity index (χ2n) is 3.10. The summed E-state index contributed by atoms with van der Waals surface area (Å²) in [5, 5.41) is 12.1. The lowest BCUT2D eigenvalue weighted by Crippen LogP contribution is -2.04. The molecule has 0 radical (unpaired) electrons. The number of rotatable bonds is 4. The Labute approximate surface area is 96.0 Å². The molecular weight excluding hydrogens is 200 g/mol. The van der Waals surface area contributed by atoms with Crippen molar-refractivity contribution in [3.05, 3.63) is 23.8 Å². The van der Waals surface area contributed by atoms with Crippen LogP contribution in [0.4, 0.5) is 5.69 Å². The minimum Gasteiger partial charge on any atom is -0.495 e. The number of nitriles is 1. The van der Waals surface area contributed by atoms with Gasteiger partial charge in [0.2, 0.25) is 0 Å². The van der Waals surface area contributed by atoms with Gasteiger partial charge in [-0.2, -0.15) is 5.26 Å². The molecule has 0 heterocycles. The molecule has 3 heteroatoms. The molecule has 0 atom stereocenters. The molecule has 1 aromatic carbocycles. The summed E-state index contributed by atoms with van der Waals surface area (Å²) in [5.74, 6) is 6.47. The molecule has 1 N–H and O–H groups in total. The maximum absolute atomic E-state index is 8.97. The summed E-state index contributed by atoms with van der Waals surface area (Å²) in [6, 6.07) is 7.52. The molecule has 0 fully saturated rings. The number of ether oxygens (including phenoxy) is 1. The Morgan fingerprint density at radius 2 is 2.25 bits per heavy atom. The Balaban J connectivity index is 2.82. The highest BCUT2D eigenvalue weighted by Crippen LogP contribution is 2.27. The van der Waals surface area contributed by atoms with Gasteiger partial charge in [0, 0.05) is 13.0 Å². The highest BCUT2D eigenvalue weighted by molar-refractivity contribution is 5.66. The molecule has 0 spiro atoms. The van der Waals surface area contributed by atoms with Gasteiger partial charge in [-0.1, -0.05) is 6.07 Å². The molecule has 0 saturated heterocycles. The van der Waals surface area contributed by atoms with Crippen LogP contribution in [0, 0.1) is 23.2 Å². The fourth-order valence-corrected chi connectivity index (χ4v) is 1.35. The van der Waals surface area contributed by atoms with Crippen molar-refractivity contribution in [3.8, 4) is 23.7 Å². The molecule has 0 aliphatic rings. The van der Waals surface area contributed by atoms with Crippen molar-refractivity contribution in [1.29, 1.82) is 5.26 Å². The number of nitrogens with zero attached hydrogens (tertiary/aromatic N) is 1. The molecule has 1 rings (SSSR count). The van der Waals surface area contributed by atoms with Crippen molar-refractivity contribution >= 4 is 5.69 Å². The monoisotopic (exact) mass is 214 g/mol. The van der Waals surface area contributed by atoms with Crippen LogP contribution in [0.2, 0.25) is 0 Å². The SMILES string of the molecule is CC#CCCNc1c(C#N)cccc1OC. The highest BCUT2D eigenvalue weighted by Gasteiger charge is 2.07. The lowest BCUT2D eigenvalue weighted by atomic mass is 10.1. The van der Waals surface area contributed by atoms with Crippen molar-refractivity contribution in [2.45, 2.75) is 13.3 Å². The molecule has 0 amide bonds.